The number of amidine groups is 1. The van der Waals surface area contributed by atoms with Gasteiger partial charge in [-0.05, 0) is 66.7 Å². The van der Waals surface area contributed by atoms with Crippen molar-refractivity contribution >= 4 is 63.0 Å². The molecule has 1 fully saturated rings. The van der Waals surface area contributed by atoms with Crippen LogP contribution < -0.4 is 10.6 Å². The molecule has 1 aliphatic rings. The molecular formula is C22H17ClN4O2S. The number of halogens is 1. The minimum atomic E-state index is -0.235. The molecule has 0 unspecified atom stereocenters. The summed E-state index contributed by atoms with van der Waals surface area (Å²) < 4.78 is 0. The zero-order valence-corrected chi connectivity index (χ0v) is 17.6. The zero-order valence-electron chi connectivity index (χ0n) is 16.0. The fourth-order valence-electron chi connectivity index (χ4n) is 2.93. The van der Waals surface area contributed by atoms with Crippen molar-refractivity contribution in [2.45, 2.75) is 6.92 Å². The van der Waals surface area contributed by atoms with E-state index in [0.29, 0.717) is 32.9 Å². The third-order valence-electron chi connectivity index (χ3n) is 4.34. The number of hydrogen-bond donors (Lipinski definition) is 2. The van der Waals surface area contributed by atoms with Gasteiger partial charge in [-0.2, -0.15) is 0 Å². The monoisotopic (exact) mass is 436 g/mol. The first-order valence-electron chi connectivity index (χ1n) is 9.25. The molecule has 0 bridgehead atoms. The summed E-state index contributed by atoms with van der Waals surface area (Å²) in [6.07, 6.45) is 3.55. The Morgan fingerprint density at radius 1 is 1.27 bits per heavy atom. The van der Waals surface area contributed by atoms with Crippen LogP contribution >= 0.6 is 23.4 Å². The number of benzene rings is 2. The van der Waals surface area contributed by atoms with Crippen LogP contribution in [0.2, 0.25) is 5.02 Å². The quantitative estimate of drug-likeness (QED) is 0.588. The van der Waals surface area contributed by atoms with E-state index in [1.54, 1.807) is 24.4 Å². The second-order valence-electron chi connectivity index (χ2n) is 6.46. The Hall–Kier alpha value is -3.16. The predicted octanol–water partition coefficient (Wildman–Crippen LogP) is 4.53. The summed E-state index contributed by atoms with van der Waals surface area (Å²) in [6.45, 7) is 2.37. The second kappa shape index (κ2) is 8.69. The number of aliphatic imine (C=N–C) groups is 1. The molecule has 0 aliphatic carbocycles. The van der Waals surface area contributed by atoms with Gasteiger partial charge in [0.15, 0.2) is 5.17 Å². The molecule has 0 saturated carbocycles. The van der Waals surface area contributed by atoms with Crippen LogP contribution in [0.25, 0.3) is 17.0 Å². The van der Waals surface area contributed by atoms with E-state index < -0.39 is 0 Å². The number of amides is 2. The minimum absolute atomic E-state index is 0.204. The standard InChI is InChI=1S/C22H17ClN4O2S/c1-2-24-20(28)15-6-7-16(23)18(12-15)26-22-27-21(29)19(30-22)11-13-5-8-17-14(10-13)4-3-9-25-17/h3-12H,2H2,1H3,(H,24,28)(H,26,27,29)/b19-11-. The summed E-state index contributed by atoms with van der Waals surface area (Å²) >= 11 is 7.46. The lowest BCUT2D eigenvalue weighted by molar-refractivity contribution is -0.115. The van der Waals surface area contributed by atoms with Gasteiger partial charge < -0.3 is 10.6 Å². The number of hydrogen-bond acceptors (Lipinski definition) is 5. The van der Waals surface area contributed by atoms with Crippen LogP contribution in [-0.4, -0.2) is 28.5 Å². The Morgan fingerprint density at radius 3 is 2.97 bits per heavy atom. The molecule has 0 spiro atoms. The Bertz CT molecular complexity index is 1220. The first-order valence-corrected chi connectivity index (χ1v) is 10.4. The topological polar surface area (TPSA) is 83.5 Å². The Morgan fingerprint density at radius 2 is 2.13 bits per heavy atom. The maximum absolute atomic E-state index is 12.4. The van der Waals surface area contributed by atoms with Gasteiger partial charge in [-0.15, -0.1) is 0 Å². The molecule has 4 rings (SSSR count). The molecule has 30 heavy (non-hydrogen) atoms. The summed E-state index contributed by atoms with van der Waals surface area (Å²) in [5.74, 6) is -0.439. The molecule has 1 saturated heterocycles. The summed E-state index contributed by atoms with van der Waals surface area (Å²) in [6, 6.07) is 14.5. The summed E-state index contributed by atoms with van der Waals surface area (Å²) in [5, 5.41) is 7.28. The Labute approximate surface area is 182 Å². The highest BCUT2D eigenvalue weighted by Crippen LogP contribution is 2.32. The third-order valence-corrected chi connectivity index (χ3v) is 5.57. The number of pyridine rings is 1. The van der Waals surface area contributed by atoms with Crippen LogP contribution in [0.3, 0.4) is 0 Å². The minimum Gasteiger partial charge on any atom is -0.352 e. The van der Waals surface area contributed by atoms with Crippen molar-refractivity contribution < 1.29 is 9.59 Å². The number of fused-ring (bicyclic) bond motifs is 1. The number of aromatic nitrogens is 1. The van der Waals surface area contributed by atoms with E-state index in [1.807, 2.05) is 43.3 Å². The first kappa shape index (κ1) is 20.1. The molecule has 2 amide bonds. The number of nitrogens with one attached hydrogen (secondary N) is 2. The van der Waals surface area contributed by atoms with Crippen molar-refractivity contribution in [3.05, 3.63) is 75.8 Å². The van der Waals surface area contributed by atoms with Gasteiger partial charge >= 0.3 is 0 Å². The van der Waals surface area contributed by atoms with Gasteiger partial charge in [-0.3, -0.25) is 14.6 Å². The van der Waals surface area contributed by atoms with Crippen molar-refractivity contribution in [2.75, 3.05) is 6.54 Å². The molecular weight excluding hydrogens is 420 g/mol. The molecule has 2 aromatic carbocycles. The summed E-state index contributed by atoms with van der Waals surface area (Å²) in [7, 11) is 0. The smallest absolute Gasteiger partial charge is 0.264 e. The van der Waals surface area contributed by atoms with E-state index in [1.165, 1.54) is 11.8 Å². The molecule has 1 aliphatic heterocycles. The number of carbonyl (C=O) groups excluding carboxylic acids is 2. The highest BCUT2D eigenvalue weighted by molar-refractivity contribution is 8.18. The van der Waals surface area contributed by atoms with E-state index in [4.69, 9.17) is 11.6 Å². The summed E-state index contributed by atoms with van der Waals surface area (Å²) in [5.41, 5.74) is 2.66. The lowest BCUT2D eigenvalue weighted by Gasteiger charge is -2.05. The molecule has 0 atom stereocenters. The zero-order chi connectivity index (χ0) is 21.1. The highest BCUT2D eigenvalue weighted by Gasteiger charge is 2.24. The lowest BCUT2D eigenvalue weighted by Crippen LogP contribution is -2.22. The maximum atomic E-state index is 12.4. The average Bonchev–Trinajstić information content (AvgIpc) is 3.08. The fourth-order valence-corrected chi connectivity index (χ4v) is 3.92. The molecule has 150 valence electrons. The SMILES string of the molecule is CCNC(=O)c1ccc(Cl)c(N=C2NC(=O)/C(=C/c3ccc4ncccc4c3)S2)c1. The van der Waals surface area contributed by atoms with Crippen LogP contribution in [-0.2, 0) is 4.79 Å². The van der Waals surface area contributed by atoms with Crippen molar-refractivity contribution in [1.29, 1.82) is 0 Å². The van der Waals surface area contributed by atoms with Gasteiger partial charge in [0.25, 0.3) is 11.8 Å². The van der Waals surface area contributed by atoms with Crippen LogP contribution in [0.4, 0.5) is 5.69 Å². The number of carbonyl (C=O) groups is 2. The van der Waals surface area contributed by atoms with Crippen molar-refractivity contribution in [2.24, 2.45) is 4.99 Å². The van der Waals surface area contributed by atoms with Crippen molar-refractivity contribution in [3.8, 4) is 0 Å². The molecule has 3 aromatic rings. The van der Waals surface area contributed by atoms with Gasteiger partial charge in [0.1, 0.15) is 0 Å². The van der Waals surface area contributed by atoms with Gasteiger partial charge in [0.05, 0.1) is 21.1 Å². The molecule has 8 heteroatoms. The Kier molecular flexibility index (Phi) is 5.83. The van der Waals surface area contributed by atoms with E-state index in [0.717, 1.165) is 16.5 Å². The number of rotatable bonds is 4. The fraction of sp³-hybridized carbons (Fsp3) is 0.0909. The van der Waals surface area contributed by atoms with E-state index in [-0.39, 0.29) is 11.8 Å². The van der Waals surface area contributed by atoms with Crippen molar-refractivity contribution in [1.82, 2.24) is 15.6 Å². The highest BCUT2D eigenvalue weighted by atomic mass is 35.5. The van der Waals surface area contributed by atoms with Gasteiger partial charge in [0.2, 0.25) is 0 Å². The van der Waals surface area contributed by atoms with Crippen LogP contribution in [0.5, 0.6) is 0 Å². The third kappa shape index (κ3) is 4.37. The van der Waals surface area contributed by atoms with E-state index in [2.05, 4.69) is 20.6 Å². The largest absolute Gasteiger partial charge is 0.352 e. The van der Waals surface area contributed by atoms with Gasteiger partial charge in [-0.25, -0.2) is 4.99 Å². The lowest BCUT2D eigenvalue weighted by atomic mass is 10.1. The van der Waals surface area contributed by atoms with E-state index >= 15 is 0 Å². The molecule has 2 heterocycles. The number of thioether (sulfide) groups is 1. The predicted molar refractivity (Wildman–Crippen MR) is 122 cm³/mol. The van der Waals surface area contributed by atoms with E-state index in [9.17, 15) is 9.59 Å². The van der Waals surface area contributed by atoms with Crippen molar-refractivity contribution in [3.63, 3.8) is 0 Å². The van der Waals surface area contributed by atoms with Gasteiger partial charge in [0, 0.05) is 23.7 Å². The Balaban J connectivity index is 1.60. The maximum Gasteiger partial charge on any atom is 0.264 e. The van der Waals surface area contributed by atoms with Crippen LogP contribution in [0, 0.1) is 0 Å². The van der Waals surface area contributed by atoms with Crippen LogP contribution in [0.1, 0.15) is 22.8 Å². The molecule has 6 nitrogen and oxygen atoms in total. The second-order valence-corrected chi connectivity index (χ2v) is 7.90. The van der Waals surface area contributed by atoms with Crippen LogP contribution in [0.15, 0.2) is 64.6 Å². The normalized spacial score (nSPS) is 16.3. The molecule has 2 N–H and O–H groups in total. The molecule has 0 radical (unpaired) electrons. The summed E-state index contributed by atoms with van der Waals surface area (Å²) in [4.78, 5) is 33.7. The first-order chi connectivity index (χ1) is 14.5. The number of nitrogens with zero attached hydrogens (tertiary/aromatic N) is 2. The van der Waals surface area contributed by atoms with Gasteiger partial charge in [-0.1, -0.05) is 23.7 Å². The average molecular weight is 437 g/mol. The molecule has 1 aromatic heterocycles.